The van der Waals surface area contributed by atoms with Gasteiger partial charge in [0.05, 0.1) is 6.61 Å². The maximum absolute atomic E-state index is 13.0. The second kappa shape index (κ2) is 5.86. The Hall–Kier alpha value is -0.700. The maximum Gasteiger partial charge on any atom is 0.165 e. The molecule has 0 unspecified atom stereocenters. The number of hydrogen-bond acceptors (Lipinski definition) is 2. The molecule has 0 saturated heterocycles. The summed E-state index contributed by atoms with van der Waals surface area (Å²) < 4.78 is 18.2. The third-order valence-corrected chi connectivity index (χ3v) is 2.39. The van der Waals surface area contributed by atoms with E-state index in [4.69, 9.17) is 4.74 Å². The highest BCUT2D eigenvalue weighted by Gasteiger charge is 1.99. The molecule has 0 saturated carbocycles. The lowest BCUT2D eigenvalue weighted by Crippen LogP contribution is -2.01. The Morgan fingerprint density at radius 1 is 1.38 bits per heavy atom. The van der Waals surface area contributed by atoms with Crippen LogP contribution in [-0.2, 0) is 0 Å². The van der Waals surface area contributed by atoms with Crippen LogP contribution in [0.3, 0.4) is 0 Å². The van der Waals surface area contributed by atoms with Gasteiger partial charge >= 0.3 is 0 Å². The van der Waals surface area contributed by atoms with Crippen molar-refractivity contribution in [2.75, 3.05) is 18.1 Å². The molecule has 0 N–H and O–H groups in total. The molecule has 0 radical (unpaired) electrons. The lowest BCUT2D eigenvalue weighted by atomic mass is 10.3. The van der Waals surface area contributed by atoms with Gasteiger partial charge in [-0.15, -0.1) is 0 Å². The van der Waals surface area contributed by atoms with Gasteiger partial charge in [-0.3, -0.25) is 0 Å². The fourth-order valence-electron chi connectivity index (χ4n) is 0.917. The van der Waals surface area contributed by atoms with Crippen LogP contribution in [0.25, 0.3) is 0 Å². The molecule has 0 aromatic heterocycles. The standard InChI is InChI=1S/C10H13FOS/c1-2-13-8-7-12-10-6-4-3-5-9(10)11/h3-6H,2,7-8H2,1H3. The Balaban J connectivity index is 2.32. The average Bonchev–Trinajstić information content (AvgIpc) is 2.15. The summed E-state index contributed by atoms with van der Waals surface area (Å²) in [6.45, 7) is 2.66. The summed E-state index contributed by atoms with van der Waals surface area (Å²) in [5.41, 5.74) is 0. The van der Waals surface area contributed by atoms with Crippen molar-refractivity contribution in [1.82, 2.24) is 0 Å². The van der Waals surface area contributed by atoms with E-state index in [9.17, 15) is 4.39 Å². The van der Waals surface area contributed by atoms with Crippen LogP contribution in [-0.4, -0.2) is 18.1 Å². The zero-order valence-corrected chi connectivity index (χ0v) is 8.44. The fraction of sp³-hybridized carbons (Fsp3) is 0.400. The number of hydrogen-bond donors (Lipinski definition) is 0. The van der Waals surface area contributed by atoms with Crippen molar-refractivity contribution in [2.45, 2.75) is 6.92 Å². The molecule has 1 rings (SSSR count). The average molecular weight is 200 g/mol. The first-order valence-electron chi connectivity index (χ1n) is 4.29. The van der Waals surface area contributed by atoms with Gasteiger partial charge in [0.15, 0.2) is 11.6 Å². The van der Waals surface area contributed by atoms with Crippen molar-refractivity contribution in [3.8, 4) is 5.75 Å². The molecule has 0 bridgehead atoms. The molecular formula is C10H13FOS. The van der Waals surface area contributed by atoms with Crippen LogP contribution in [0.2, 0.25) is 0 Å². The molecule has 0 atom stereocenters. The highest BCUT2D eigenvalue weighted by atomic mass is 32.2. The van der Waals surface area contributed by atoms with Crippen molar-refractivity contribution in [3.63, 3.8) is 0 Å². The van der Waals surface area contributed by atoms with Gasteiger partial charge in [-0.05, 0) is 17.9 Å². The molecule has 3 heteroatoms. The summed E-state index contributed by atoms with van der Waals surface area (Å²) in [5, 5.41) is 0. The van der Waals surface area contributed by atoms with E-state index in [2.05, 4.69) is 6.92 Å². The molecule has 72 valence electrons. The van der Waals surface area contributed by atoms with E-state index in [0.717, 1.165) is 11.5 Å². The Morgan fingerprint density at radius 3 is 2.85 bits per heavy atom. The molecule has 0 aliphatic rings. The van der Waals surface area contributed by atoms with Crippen LogP contribution < -0.4 is 4.74 Å². The van der Waals surface area contributed by atoms with Crippen molar-refractivity contribution >= 4 is 11.8 Å². The van der Waals surface area contributed by atoms with E-state index in [1.807, 2.05) is 0 Å². The van der Waals surface area contributed by atoms with E-state index in [1.165, 1.54) is 6.07 Å². The largest absolute Gasteiger partial charge is 0.490 e. The van der Waals surface area contributed by atoms with Crippen molar-refractivity contribution in [2.24, 2.45) is 0 Å². The molecule has 1 aromatic carbocycles. The lowest BCUT2D eigenvalue weighted by molar-refractivity contribution is 0.325. The predicted octanol–water partition coefficient (Wildman–Crippen LogP) is 2.96. The molecule has 0 aliphatic carbocycles. The smallest absolute Gasteiger partial charge is 0.165 e. The van der Waals surface area contributed by atoms with E-state index in [0.29, 0.717) is 12.4 Å². The highest BCUT2D eigenvalue weighted by molar-refractivity contribution is 7.99. The molecule has 0 spiro atoms. The summed E-state index contributed by atoms with van der Waals surface area (Å²) in [4.78, 5) is 0. The second-order valence-electron chi connectivity index (χ2n) is 2.48. The minimum Gasteiger partial charge on any atom is -0.490 e. The quantitative estimate of drug-likeness (QED) is 0.676. The third kappa shape index (κ3) is 3.68. The summed E-state index contributed by atoms with van der Waals surface area (Å²) in [5.74, 6) is 2.04. The van der Waals surface area contributed by atoms with Gasteiger partial charge in [-0.25, -0.2) is 4.39 Å². The number of rotatable bonds is 5. The molecular weight excluding hydrogens is 187 g/mol. The summed E-state index contributed by atoms with van der Waals surface area (Å²) in [6.07, 6.45) is 0. The molecule has 0 aliphatic heterocycles. The molecule has 0 heterocycles. The van der Waals surface area contributed by atoms with Crippen molar-refractivity contribution in [1.29, 1.82) is 0 Å². The van der Waals surface area contributed by atoms with Gasteiger partial charge in [0.25, 0.3) is 0 Å². The van der Waals surface area contributed by atoms with Gasteiger partial charge < -0.3 is 4.74 Å². The van der Waals surface area contributed by atoms with E-state index in [1.54, 1.807) is 30.0 Å². The zero-order chi connectivity index (χ0) is 9.52. The number of para-hydroxylation sites is 1. The maximum atomic E-state index is 13.0. The van der Waals surface area contributed by atoms with Crippen LogP contribution in [0, 0.1) is 5.82 Å². The van der Waals surface area contributed by atoms with Gasteiger partial charge in [-0.1, -0.05) is 19.1 Å². The molecule has 0 amide bonds. The van der Waals surface area contributed by atoms with Crippen molar-refractivity contribution in [3.05, 3.63) is 30.1 Å². The zero-order valence-electron chi connectivity index (χ0n) is 7.63. The normalized spacial score (nSPS) is 10.0. The summed E-state index contributed by atoms with van der Waals surface area (Å²) in [6, 6.07) is 6.47. The number of benzene rings is 1. The van der Waals surface area contributed by atoms with Gasteiger partial charge in [0, 0.05) is 5.75 Å². The summed E-state index contributed by atoms with van der Waals surface area (Å²) in [7, 11) is 0. The lowest BCUT2D eigenvalue weighted by Gasteiger charge is -2.05. The third-order valence-electron chi connectivity index (χ3n) is 1.53. The summed E-state index contributed by atoms with van der Waals surface area (Å²) >= 11 is 1.79. The van der Waals surface area contributed by atoms with E-state index >= 15 is 0 Å². The first kappa shape index (κ1) is 10.4. The molecule has 0 fully saturated rings. The van der Waals surface area contributed by atoms with E-state index < -0.39 is 0 Å². The fourth-order valence-corrected chi connectivity index (χ4v) is 1.41. The SMILES string of the molecule is CCSCCOc1ccccc1F. The minimum atomic E-state index is -0.288. The number of halogens is 1. The predicted molar refractivity (Wildman–Crippen MR) is 54.9 cm³/mol. The Labute approximate surface area is 82.3 Å². The van der Waals surface area contributed by atoms with Gasteiger partial charge in [0.1, 0.15) is 0 Å². The number of ether oxygens (including phenoxy) is 1. The first-order valence-corrected chi connectivity index (χ1v) is 5.45. The van der Waals surface area contributed by atoms with Crippen molar-refractivity contribution < 1.29 is 9.13 Å². The topological polar surface area (TPSA) is 9.23 Å². The second-order valence-corrected chi connectivity index (χ2v) is 3.87. The Bertz CT molecular complexity index is 252. The molecule has 1 aromatic rings. The monoisotopic (exact) mass is 200 g/mol. The van der Waals surface area contributed by atoms with E-state index in [-0.39, 0.29) is 5.82 Å². The van der Waals surface area contributed by atoms with Gasteiger partial charge in [0.2, 0.25) is 0 Å². The number of thioether (sulfide) groups is 1. The first-order chi connectivity index (χ1) is 6.34. The Kier molecular flexibility index (Phi) is 4.68. The van der Waals surface area contributed by atoms with Gasteiger partial charge in [-0.2, -0.15) is 11.8 Å². The molecule has 13 heavy (non-hydrogen) atoms. The molecule has 1 nitrogen and oxygen atoms in total. The van der Waals surface area contributed by atoms with Crippen LogP contribution >= 0.6 is 11.8 Å². The minimum absolute atomic E-state index is 0.288. The van der Waals surface area contributed by atoms with Crippen LogP contribution in [0.1, 0.15) is 6.92 Å². The van der Waals surface area contributed by atoms with Crippen LogP contribution in [0.5, 0.6) is 5.75 Å². The highest BCUT2D eigenvalue weighted by Crippen LogP contribution is 2.15. The Morgan fingerprint density at radius 2 is 2.15 bits per heavy atom. The van der Waals surface area contributed by atoms with Crippen LogP contribution in [0.4, 0.5) is 4.39 Å². The van der Waals surface area contributed by atoms with Crippen LogP contribution in [0.15, 0.2) is 24.3 Å².